The number of benzene rings is 2. The molecule has 1 aliphatic rings. The molecule has 0 heterocycles. The molecule has 0 bridgehead atoms. The Morgan fingerprint density at radius 1 is 1.09 bits per heavy atom. The minimum absolute atomic E-state index is 0.475. The summed E-state index contributed by atoms with van der Waals surface area (Å²) < 4.78 is 0. The fourth-order valence-electron chi connectivity index (χ4n) is 3.97. The first-order chi connectivity index (χ1) is 11.0. The standard InChI is InChI=1S/C21H26ClN/c1-13(2)17-7-8-18(16-5-9-21(22)14(3)10-16)19-6-4-15(12-23)11-20(17)19/h4-6,9-11,13,17-18H,7-8,12,23H2,1-3H3. The van der Waals surface area contributed by atoms with Crippen LogP contribution in [0.2, 0.25) is 5.02 Å². The van der Waals surface area contributed by atoms with Crippen molar-refractivity contribution < 1.29 is 0 Å². The van der Waals surface area contributed by atoms with E-state index in [1.807, 2.05) is 6.07 Å². The van der Waals surface area contributed by atoms with Gasteiger partial charge in [-0.05, 0) is 65.5 Å². The normalized spacial score (nSPS) is 20.6. The molecule has 2 aromatic carbocycles. The summed E-state index contributed by atoms with van der Waals surface area (Å²) in [6, 6.07) is 13.3. The minimum Gasteiger partial charge on any atom is -0.326 e. The van der Waals surface area contributed by atoms with E-state index in [-0.39, 0.29) is 0 Å². The average Bonchev–Trinajstić information content (AvgIpc) is 2.55. The predicted octanol–water partition coefficient (Wildman–Crippen LogP) is 5.77. The molecule has 0 aromatic heterocycles. The van der Waals surface area contributed by atoms with Crippen LogP contribution in [0.1, 0.15) is 66.3 Å². The molecule has 0 amide bonds. The monoisotopic (exact) mass is 327 g/mol. The van der Waals surface area contributed by atoms with Gasteiger partial charge in [0, 0.05) is 17.5 Å². The van der Waals surface area contributed by atoms with E-state index < -0.39 is 0 Å². The van der Waals surface area contributed by atoms with Crippen LogP contribution in [0.3, 0.4) is 0 Å². The van der Waals surface area contributed by atoms with Crippen molar-refractivity contribution in [3.63, 3.8) is 0 Å². The maximum absolute atomic E-state index is 6.21. The molecule has 2 aromatic rings. The van der Waals surface area contributed by atoms with Crippen molar-refractivity contribution in [2.24, 2.45) is 11.7 Å². The first kappa shape index (κ1) is 16.5. The Bertz CT molecular complexity index is 705. The second kappa shape index (κ2) is 6.67. The fraction of sp³-hybridized carbons (Fsp3) is 0.429. The Balaban J connectivity index is 2.07. The van der Waals surface area contributed by atoms with Gasteiger partial charge in [0.1, 0.15) is 0 Å². The van der Waals surface area contributed by atoms with Crippen LogP contribution in [0.5, 0.6) is 0 Å². The lowest BCUT2D eigenvalue weighted by atomic mass is 9.70. The van der Waals surface area contributed by atoms with Gasteiger partial charge in [-0.25, -0.2) is 0 Å². The lowest BCUT2D eigenvalue weighted by Crippen LogP contribution is -2.19. The summed E-state index contributed by atoms with van der Waals surface area (Å²) in [5.41, 5.74) is 12.6. The highest BCUT2D eigenvalue weighted by Gasteiger charge is 2.30. The molecule has 0 fully saturated rings. The largest absolute Gasteiger partial charge is 0.326 e. The van der Waals surface area contributed by atoms with Gasteiger partial charge in [-0.2, -0.15) is 0 Å². The zero-order valence-corrected chi connectivity index (χ0v) is 15.0. The molecule has 0 spiro atoms. The van der Waals surface area contributed by atoms with E-state index in [1.54, 1.807) is 0 Å². The Hall–Kier alpha value is -1.31. The van der Waals surface area contributed by atoms with Gasteiger partial charge in [0.15, 0.2) is 0 Å². The van der Waals surface area contributed by atoms with Crippen molar-refractivity contribution in [3.8, 4) is 0 Å². The Kier molecular flexibility index (Phi) is 4.79. The molecule has 0 saturated carbocycles. The lowest BCUT2D eigenvalue weighted by Gasteiger charge is -2.34. The summed E-state index contributed by atoms with van der Waals surface area (Å²) in [4.78, 5) is 0. The number of aryl methyl sites for hydroxylation is 1. The fourth-order valence-corrected chi connectivity index (χ4v) is 4.09. The molecule has 2 heteroatoms. The molecule has 0 aliphatic heterocycles. The summed E-state index contributed by atoms with van der Waals surface area (Å²) in [5.74, 6) is 1.78. The number of fused-ring (bicyclic) bond motifs is 1. The van der Waals surface area contributed by atoms with E-state index in [2.05, 4.69) is 51.1 Å². The Labute approximate surface area is 144 Å². The molecule has 3 rings (SSSR count). The van der Waals surface area contributed by atoms with Gasteiger partial charge in [0.2, 0.25) is 0 Å². The van der Waals surface area contributed by atoms with E-state index in [0.29, 0.717) is 24.3 Å². The number of rotatable bonds is 3. The summed E-state index contributed by atoms with van der Waals surface area (Å²) in [5, 5.41) is 0.850. The summed E-state index contributed by atoms with van der Waals surface area (Å²) in [6.45, 7) is 7.36. The zero-order valence-electron chi connectivity index (χ0n) is 14.3. The van der Waals surface area contributed by atoms with Gasteiger partial charge in [-0.15, -0.1) is 0 Å². The first-order valence-corrected chi connectivity index (χ1v) is 8.98. The van der Waals surface area contributed by atoms with Crippen molar-refractivity contribution >= 4 is 11.6 Å². The number of hydrogen-bond acceptors (Lipinski definition) is 1. The van der Waals surface area contributed by atoms with Gasteiger partial charge >= 0.3 is 0 Å². The molecule has 0 radical (unpaired) electrons. The Morgan fingerprint density at radius 3 is 2.52 bits per heavy atom. The third-order valence-electron chi connectivity index (χ3n) is 5.32. The lowest BCUT2D eigenvalue weighted by molar-refractivity contribution is 0.417. The van der Waals surface area contributed by atoms with Crippen LogP contribution in [-0.2, 0) is 6.54 Å². The van der Waals surface area contributed by atoms with Crippen LogP contribution in [0.4, 0.5) is 0 Å². The molecule has 2 unspecified atom stereocenters. The molecule has 122 valence electrons. The average molecular weight is 328 g/mol. The molecule has 1 nitrogen and oxygen atoms in total. The first-order valence-electron chi connectivity index (χ1n) is 8.60. The van der Waals surface area contributed by atoms with E-state index in [4.69, 9.17) is 17.3 Å². The van der Waals surface area contributed by atoms with Gasteiger partial charge in [-0.1, -0.05) is 55.8 Å². The van der Waals surface area contributed by atoms with Crippen LogP contribution >= 0.6 is 11.6 Å². The number of nitrogens with two attached hydrogens (primary N) is 1. The van der Waals surface area contributed by atoms with E-state index in [0.717, 1.165) is 10.6 Å². The highest BCUT2D eigenvalue weighted by Crippen LogP contribution is 2.45. The molecular formula is C21H26ClN. The van der Waals surface area contributed by atoms with E-state index in [9.17, 15) is 0 Å². The predicted molar refractivity (Wildman–Crippen MR) is 99.2 cm³/mol. The highest BCUT2D eigenvalue weighted by molar-refractivity contribution is 6.31. The van der Waals surface area contributed by atoms with Crippen molar-refractivity contribution in [3.05, 3.63) is 69.2 Å². The van der Waals surface area contributed by atoms with E-state index >= 15 is 0 Å². The molecule has 2 atom stereocenters. The topological polar surface area (TPSA) is 26.0 Å². The third kappa shape index (κ3) is 3.18. The second-order valence-corrected chi connectivity index (χ2v) is 7.56. The highest BCUT2D eigenvalue weighted by atomic mass is 35.5. The van der Waals surface area contributed by atoms with E-state index in [1.165, 1.54) is 35.1 Å². The van der Waals surface area contributed by atoms with Gasteiger partial charge in [0.25, 0.3) is 0 Å². The molecular weight excluding hydrogens is 302 g/mol. The summed E-state index contributed by atoms with van der Waals surface area (Å²) in [6.07, 6.45) is 2.45. The summed E-state index contributed by atoms with van der Waals surface area (Å²) in [7, 11) is 0. The third-order valence-corrected chi connectivity index (χ3v) is 5.74. The van der Waals surface area contributed by atoms with Gasteiger partial charge in [0.05, 0.1) is 0 Å². The van der Waals surface area contributed by atoms with Crippen LogP contribution in [0.15, 0.2) is 36.4 Å². The molecule has 0 saturated heterocycles. The maximum Gasteiger partial charge on any atom is 0.0435 e. The SMILES string of the molecule is Cc1cc(C2CCC(C(C)C)c3cc(CN)ccc32)ccc1Cl. The number of halogens is 1. The van der Waals surface area contributed by atoms with Gasteiger partial charge in [-0.3, -0.25) is 0 Å². The quantitative estimate of drug-likeness (QED) is 0.760. The zero-order chi connectivity index (χ0) is 16.6. The van der Waals surface area contributed by atoms with Crippen LogP contribution in [0, 0.1) is 12.8 Å². The minimum atomic E-state index is 0.475. The smallest absolute Gasteiger partial charge is 0.0435 e. The van der Waals surface area contributed by atoms with Crippen molar-refractivity contribution in [2.75, 3.05) is 0 Å². The second-order valence-electron chi connectivity index (χ2n) is 7.16. The molecule has 1 aliphatic carbocycles. The van der Waals surface area contributed by atoms with Crippen LogP contribution < -0.4 is 5.73 Å². The maximum atomic E-state index is 6.21. The summed E-state index contributed by atoms with van der Waals surface area (Å²) >= 11 is 6.21. The van der Waals surface area contributed by atoms with Crippen molar-refractivity contribution in [1.82, 2.24) is 0 Å². The van der Waals surface area contributed by atoms with Crippen molar-refractivity contribution in [1.29, 1.82) is 0 Å². The van der Waals surface area contributed by atoms with Gasteiger partial charge < -0.3 is 5.73 Å². The van der Waals surface area contributed by atoms with Crippen LogP contribution in [-0.4, -0.2) is 0 Å². The Morgan fingerprint density at radius 2 is 1.87 bits per heavy atom. The molecule has 23 heavy (non-hydrogen) atoms. The van der Waals surface area contributed by atoms with Crippen molar-refractivity contribution in [2.45, 2.75) is 52.0 Å². The molecule has 2 N–H and O–H groups in total. The van der Waals surface area contributed by atoms with Crippen LogP contribution in [0.25, 0.3) is 0 Å². The number of hydrogen-bond donors (Lipinski definition) is 1.